The Morgan fingerprint density at radius 1 is 1.07 bits per heavy atom. The number of aryl methyl sites for hydroxylation is 1. The number of aromatic nitrogens is 1. The van der Waals surface area contributed by atoms with Crippen molar-refractivity contribution in [2.45, 2.75) is 25.4 Å². The fraction of sp³-hybridized carbons (Fsp3) is 0.522. The second kappa shape index (κ2) is 9.46. The van der Waals surface area contributed by atoms with Crippen molar-refractivity contribution in [3.63, 3.8) is 0 Å². The monoisotopic (exact) mass is 397 g/mol. The Morgan fingerprint density at radius 3 is 2.59 bits per heavy atom. The van der Waals surface area contributed by atoms with E-state index in [9.17, 15) is 0 Å². The first kappa shape index (κ1) is 20.0. The average Bonchev–Trinajstić information content (AvgIpc) is 2.99. The fourth-order valence-electron chi connectivity index (χ4n) is 4.31. The molecule has 1 aromatic carbocycles. The van der Waals surface area contributed by atoms with Crippen LogP contribution in [0.4, 0.5) is 5.82 Å². The quantitative estimate of drug-likeness (QED) is 0.745. The lowest BCUT2D eigenvalue weighted by Gasteiger charge is -2.36. The second-order valence-electron chi connectivity index (χ2n) is 7.67. The number of anilines is 1. The normalized spacial score (nSPS) is 20.1. The maximum absolute atomic E-state index is 6.24. The highest BCUT2D eigenvalue weighted by molar-refractivity contribution is 5.48. The lowest BCUT2D eigenvalue weighted by Crippen LogP contribution is -2.47. The minimum Gasteiger partial charge on any atom is -0.493 e. The molecule has 1 fully saturated rings. The van der Waals surface area contributed by atoms with E-state index in [1.165, 1.54) is 11.1 Å². The highest BCUT2D eigenvalue weighted by Crippen LogP contribution is 2.37. The Hall–Kier alpha value is -2.31. The maximum Gasteiger partial charge on any atom is 0.161 e. The summed E-state index contributed by atoms with van der Waals surface area (Å²) in [5.41, 5.74) is 2.58. The van der Waals surface area contributed by atoms with E-state index in [-0.39, 0.29) is 6.10 Å². The number of hydrogen-bond acceptors (Lipinski definition) is 6. The van der Waals surface area contributed by atoms with Crippen molar-refractivity contribution in [1.29, 1.82) is 0 Å². The number of hydrogen-bond donors (Lipinski definition) is 0. The lowest BCUT2D eigenvalue weighted by atomic mass is 9.97. The van der Waals surface area contributed by atoms with Crippen molar-refractivity contribution >= 4 is 5.82 Å². The summed E-state index contributed by atoms with van der Waals surface area (Å²) >= 11 is 0. The van der Waals surface area contributed by atoms with Gasteiger partial charge in [-0.2, -0.15) is 0 Å². The summed E-state index contributed by atoms with van der Waals surface area (Å²) in [5, 5.41) is 0. The molecule has 0 radical (unpaired) electrons. The molecule has 2 aliphatic rings. The zero-order valence-corrected chi connectivity index (χ0v) is 17.5. The van der Waals surface area contributed by atoms with Crippen LogP contribution in [0, 0.1) is 0 Å². The SMILES string of the molecule is COc1cc2c(cc1OC)C(CCN1CCN(c3ccccn3)CC1)OCCC2. The number of fused-ring (bicyclic) bond motifs is 1. The summed E-state index contributed by atoms with van der Waals surface area (Å²) in [6.07, 6.45) is 5.04. The number of piperazine rings is 1. The fourth-order valence-corrected chi connectivity index (χ4v) is 4.31. The van der Waals surface area contributed by atoms with E-state index in [4.69, 9.17) is 14.2 Å². The van der Waals surface area contributed by atoms with Crippen LogP contribution in [0.3, 0.4) is 0 Å². The highest BCUT2D eigenvalue weighted by atomic mass is 16.5. The molecule has 4 rings (SSSR count). The molecule has 6 nitrogen and oxygen atoms in total. The van der Waals surface area contributed by atoms with Crippen molar-refractivity contribution in [3.8, 4) is 11.5 Å². The Morgan fingerprint density at radius 2 is 1.86 bits per heavy atom. The number of rotatable bonds is 6. The molecule has 156 valence electrons. The summed E-state index contributed by atoms with van der Waals surface area (Å²) in [5.74, 6) is 2.66. The molecule has 0 amide bonds. The number of nitrogens with zero attached hydrogens (tertiary/aromatic N) is 3. The first-order valence-corrected chi connectivity index (χ1v) is 10.5. The molecule has 0 aliphatic carbocycles. The lowest BCUT2D eigenvalue weighted by molar-refractivity contribution is 0.0419. The summed E-state index contributed by atoms with van der Waals surface area (Å²) < 4.78 is 17.3. The van der Waals surface area contributed by atoms with Crippen LogP contribution in [0.1, 0.15) is 30.1 Å². The summed E-state index contributed by atoms with van der Waals surface area (Å²) in [4.78, 5) is 9.38. The zero-order valence-electron chi connectivity index (χ0n) is 17.5. The van der Waals surface area contributed by atoms with Gasteiger partial charge in [0.25, 0.3) is 0 Å². The van der Waals surface area contributed by atoms with Crippen LogP contribution in [-0.2, 0) is 11.2 Å². The molecule has 1 saturated heterocycles. The van der Waals surface area contributed by atoms with Crippen LogP contribution in [0.25, 0.3) is 0 Å². The van der Waals surface area contributed by atoms with E-state index in [0.717, 1.165) is 75.9 Å². The van der Waals surface area contributed by atoms with Gasteiger partial charge in [0.2, 0.25) is 0 Å². The van der Waals surface area contributed by atoms with Crippen LogP contribution in [-0.4, -0.2) is 63.4 Å². The third-order valence-electron chi connectivity index (χ3n) is 5.95. The average molecular weight is 398 g/mol. The van der Waals surface area contributed by atoms with Gasteiger partial charge < -0.3 is 19.1 Å². The van der Waals surface area contributed by atoms with Gasteiger partial charge in [0, 0.05) is 45.5 Å². The van der Waals surface area contributed by atoms with Crippen molar-refractivity contribution in [2.24, 2.45) is 0 Å². The van der Waals surface area contributed by atoms with E-state index in [1.54, 1.807) is 14.2 Å². The predicted octanol–water partition coefficient (Wildman–Crippen LogP) is 3.32. The summed E-state index contributed by atoms with van der Waals surface area (Å²) in [6, 6.07) is 10.4. The molecule has 29 heavy (non-hydrogen) atoms. The van der Waals surface area contributed by atoms with Gasteiger partial charge in [-0.15, -0.1) is 0 Å². The maximum atomic E-state index is 6.24. The van der Waals surface area contributed by atoms with Crippen molar-refractivity contribution in [1.82, 2.24) is 9.88 Å². The minimum atomic E-state index is 0.112. The van der Waals surface area contributed by atoms with Crippen LogP contribution in [0.5, 0.6) is 11.5 Å². The van der Waals surface area contributed by atoms with Crippen LogP contribution in [0.2, 0.25) is 0 Å². The smallest absolute Gasteiger partial charge is 0.161 e. The molecule has 6 heteroatoms. The van der Waals surface area contributed by atoms with Crippen LogP contribution >= 0.6 is 0 Å². The predicted molar refractivity (Wildman–Crippen MR) is 114 cm³/mol. The van der Waals surface area contributed by atoms with Gasteiger partial charge in [-0.25, -0.2) is 4.98 Å². The Bertz CT molecular complexity index is 791. The third-order valence-corrected chi connectivity index (χ3v) is 5.95. The molecule has 1 aromatic heterocycles. The molecule has 1 atom stereocenters. The number of benzene rings is 1. The molecule has 2 aromatic rings. The van der Waals surface area contributed by atoms with E-state index < -0.39 is 0 Å². The van der Waals surface area contributed by atoms with Gasteiger partial charge in [0.05, 0.1) is 20.3 Å². The van der Waals surface area contributed by atoms with E-state index in [0.29, 0.717) is 0 Å². The van der Waals surface area contributed by atoms with E-state index in [1.807, 2.05) is 12.3 Å². The molecular weight excluding hydrogens is 366 g/mol. The standard InChI is InChI=1S/C23H31N3O3/c1-27-21-16-18-6-5-15-29-20(19(18)17-22(21)28-2)8-10-25-11-13-26(14-12-25)23-7-3-4-9-24-23/h3-4,7,9,16-17,20H,5-6,8,10-15H2,1-2H3. The topological polar surface area (TPSA) is 47.1 Å². The molecule has 1 unspecified atom stereocenters. The van der Waals surface area contributed by atoms with Crippen molar-refractivity contribution in [2.75, 3.05) is 58.5 Å². The molecular formula is C23H31N3O3. The first-order valence-electron chi connectivity index (χ1n) is 10.5. The molecule has 0 N–H and O–H groups in total. The molecule has 3 heterocycles. The Balaban J connectivity index is 1.38. The zero-order chi connectivity index (χ0) is 20.1. The summed E-state index contributed by atoms with van der Waals surface area (Å²) in [7, 11) is 3.39. The van der Waals surface area contributed by atoms with Gasteiger partial charge in [0.1, 0.15) is 5.82 Å². The van der Waals surface area contributed by atoms with Crippen LogP contribution < -0.4 is 14.4 Å². The second-order valence-corrected chi connectivity index (χ2v) is 7.67. The first-order chi connectivity index (χ1) is 14.3. The largest absolute Gasteiger partial charge is 0.493 e. The van der Waals surface area contributed by atoms with Gasteiger partial charge in [-0.05, 0) is 54.7 Å². The van der Waals surface area contributed by atoms with Gasteiger partial charge >= 0.3 is 0 Å². The minimum absolute atomic E-state index is 0.112. The van der Waals surface area contributed by atoms with Crippen LogP contribution in [0.15, 0.2) is 36.5 Å². The van der Waals surface area contributed by atoms with Gasteiger partial charge in [-0.3, -0.25) is 4.90 Å². The Labute approximate surface area is 173 Å². The molecule has 0 spiro atoms. The van der Waals surface area contributed by atoms with Gasteiger partial charge in [-0.1, -0.05) is 6.07 Å². The highest BCUT2D eigenvalue weighted by Gasteiger charge is 2.24. The van der Waals surface area contributed by atoms with Crippen molar-refractivity contribution in [3.05, 3.63) is 47.7 Å². The number of methoxy groups -OCH3 is 2. The third kappa shape index (κ3) is 4.65. The Kier molecular flexibility index (Phi) is 6.52. The van der Waals surface area contributed by atoms with Crippen molar-refractivity contribution < 1.29 is 14.2 Å². The van der Waals surface area contributed by atoms with Gasteiger partial charge in [0.15, 0.2) is 11.5 Å². The summed E-state index contributed by atoms with van der Waals surface area (Å²) in [6.45, 7) is 5.99. The molecule has 0 bridgehead atoms. The molecule has 0 saturated carbocycles. The number of pyridine rings is 1. The molecule has 2 aliphatic heterocycles. The van der Waals surface area contributed by atoms with E-state index >= 15 is 0 Å². The number of ether oxygens (including phenoxy) is 3. The van der Waals surface area contributed by atoms with E-state index in [2.05, 4.69) is 39.0 Å².